The zero-order valence-electron chi connectivity index (χ0n) is 15.1. The van der Waals surface area contributed by atoms with Gasteiger partial charge in [-0.2, -0.15) is 11.3 Å². The van der Waals surface area contributed by atoms with Crippen LogP contribution in [0.1, 0.15) is 49.5 Å². The smallest absolute Gasteiger partial charge is 0.205 e. The Kier molecular flexibility index (Phi) is 4.00. The van der Waals surface area contributed by atoms with Gasteiger partial charge in [0.05, 0.1) is 12.0 Å². The van der Waals surface area contributed by atoms with Gasteiger partial charge >= 0.3 is 0 Å². The summed E-state index contributed by atoms with van der Waals surface area (Å²) >= 11 is 1.56. The van der Waals surface area contributed by atoms with Crippen LogP contribution in [0.4, 0.5) is 0 Å². The van der Waals surface area contributed by atoms with E-state index in [1.54, 1.807) is 11.3 Å². The number of hydrogen-bond acceptors (Lipinski definition) is 4. The number of rotatable bonds is 3. The molecule has 4 rings (SSSR count). The fourth-order valence-corrected chi connectivity index (χ4v) is 5.05. The topological polar surface area (TPSA) is 35.5 Å². The van der Waals surface area contributed by atoms with E-state index in [-0.39, 0.29) is 41.3 Å². The van der Waals surface area contributed by atoms with Gasteiger partial charge in [0.25, 0.3) is 0 Å². The minimum atomic E-state index is -0.327. The van der Waals surface area contributed by atoms with Crippen molar-refractivity contribution in [3.63, 3.8) is 0 Å². The minimum Gasteiger partial charge on any atom is -0.464 e. The molecule has 0 unspecified atom stereocenters. The van der Waals surface area contributed by atoms with Crippen LogP contribution >= 0.6 is 11.3 Å². The van der Waals surface area contributed by atoms with Gasteiger partial charge in [-0.25, -0.2) is 0 Å². The van der Waals surface area contributed by atoms with Gasteiger partial charge in [-0.1, -0.05) is 45.9 Å². The lowest BCUT2D eigenvalue weighted by atomic mass is 9.60. The number of thiophene rings is 1. The van der Waals surface area contributed by atoms with Crippen molar-refractivity contribution in [2.45, 2.75) is 46.0 Å². The molecule has 0 spiro atoms. The van der Waals surface area contributed by atoms with E-state index in [1.165, 1.54) is 0 Å². The molecule has 2 aromatic rings. The Hall–Kier alpha value is -1.65. The van der Waals surface area contributed by atoms with Crippen molar-refractivity contribution in [3.8, 4) is 5.75 Å². The number of carbonyl (C=O) groups is 1. The van der Waals surface area contributed by atoms with E-state index in [2.05, 4.69) is 33.8 Å². The predicted molar refractivity (Wildman–Crippen MR) is 99.2 cm³/mol. The summed E-state index contributed by atoms with van der Waals surface area (Å²) in [4.78, 5) is 13.5. The second-order valence-electron chi connectivity index (χ2n) is 8.03. The first-order valence-electron chi connectivity index (χ1n) is 8.88. The molecule has 2 bridgehead atoms. The third kappa shape index (κ3) is 2.54. The maximum absolute atomic E-state index is 13.5. The van der Waals surface area contributed by atoms with Crippen LogP contribution in [0, 0.1) is 17.3 Å². The minimum absolute atomic E-state index is 0.0796. The Balaban J connectivity index is 1.88. The summed E-state index contributed by atoms with van der Waals surface area (Å²) in [5.74, 6) is 1.15. The molecule has 1 saturated heterocycles. The van der Waals surface area contributed by atoms with Gasteiger partial charge in [-0.3, -0.25) is 4.79 Å². The maximum Gasteiger partial charge on any atom is 0.205 e. The lowest BCUT2D eigenvalue weighted by Crippen LogP contribution is -2.59. The zero-order chi connectivity index (χ0) is 17.8. The van der Waals surface area contributed by atoms with Crippen molar-refractivity contribution >= 4 is 17.1 Å². The Labute approximate surface area is 153 Å². The van der Waals surface area contributed by atoms with Crippen LogP contribution in [0.15, 0.2) is 41.1 Å². The number of fused-ring (bicyclic) bond motifs is 4. The van der Waals surface area contributed by atoms with Gasteiger partial charge in [0.1, 0.15) is 5.75 Å². The zero-order valence-corrected chi connectivity index (χ0v) is 15.9. The van der Waals surface area contributed by atoms with Gasteiger partial charge in [0.15, 0.2) is 5.78 Å². The van der Waals surface area contributed by atoms with E-state index < -0.39 is 0 Å². The highest BCUT2D eigenvalue weighted by molar-refractivity contribution is 7.08. The number of ketones is 1. The van der Waals surface area contributed by atoms with Crippen molar-refractivity contribution in [2.24, 2.45) is 17.3 Å². The number of hydrogen-bond donors (Lipinski definition) is 0. The molecule has 1 fully saturated rings. The van der Waals surface area contributed by atoms with Crippen molar-refractivity contribution in [1.29, 1.82) is 0 Å². The van der Waals surface area contributed by atoms with Gasteiger partial charge in [0.2, 0.25) is 6.29 Å². The molecule has 3 heterocycles. The molecule has 4 atom stereocenters. The standard InChI is InChI=1S/C21H24O3S/c1-12(2)19-16(18(22)13-9-10-25-11-13)17-14-7-5-6-8-15(14)23-20(24-19)21(17,3)4/h5-12,16-17,19-20H,1-4H3/t16-,17-,19-,20+/m0/s1. The third-order valence-electron chi connectivity index (χ3n) is 5.66. The maximum atomic E-state index is 13.5. The largest absolute Gasteiger partial charge is 0.464 e. The van der Waals surface area contributed by atoms with Gasteiger partial charge in [-0.05, 0) is 29.0 Å². The molecule has 2 aliphatic rings. The van der Waals surface area contributed by atoms with E-state index in [4.69, 9.17) is 9.47 Å². The molecule has 0 radical (unpaired) electrons. The molecule has 0 saturated carbocycles. The van der Waals surface area contributed by atoms with Crippen molar-refractivity contribution < 1.29 is 14.3 Å². The first-order valence-corrected chi connectivity index (χ1v) is 9.83. The molecule has 25 heavy (non-hydrogen) atoms. The Morgan fingerprint density at radius 1 is 1.20 bits per heavy atom. The monoisotopic (exact) mass is 356 g/mol. The van der Waals surface area contributed by atoms with Crippen LogP contribution < -0.4 is 4.74 Å². The van der Waals surface area contributed by atoms with E-state index in [9.17, 15) is 4.79 Å². The molecule has 2 aliphatic heterocycles. The first-order chi connectivity index (χ1) is 11.9. The summed E-state index contributed by atoms with van der Waals surface area (Å²) in [6.45, 7) is 8.56. The molecule has 0 N–H and O–H groups in total. The average molecular weight is 356 g/mol. The number of Topliss-reactive ketones (excluding diaryl/α,β-unsaturated/α-hetero) is 1. The summed E-state index contributed by atoms with van der Waals surface area (Å²) in [5.41, 5.74) is 1.66. The van der Waals surface area contributed by atoms with E-state index in [0.717, 1.165) is 16.9 Å². The van der Waals surface area contributed by atoms with Crippen LogP contribution in [-0.4, -0.2) is 18.2 Å². The van der Waals surface area contributed by atoms with Crippen LogP contribution in [0.5, 0.6) is 5.75 Å². The van der Waals surface area contributed by atoms with Crippen LogP contribution in [0.2, 0.25) is 0 Å². The molecular weight excluding hydrogens is 332 g/mol. The summed E-state index contributed by atoms with van der Waals surface area (Å²) in [6, 6.07) is 10.0. The number of para-hydroxylation sites is 1. The molecule has 0 aliphatic carbocycles. The Bertz CT molecular complexity index is 778. The molecule has 1 aromatic heterocycles. The molecule has 0 amide bonds. The second kappa shape index (κ2) is 5.96. The highest BCUT2D eigenvalue weighted by Crippen LogP contribution is 2.57. The van der Waals surface area contributed by atoms with Crippen LogP contribution in [-0.2, 0) is 4.74 Å². The third-order valence-corrected chi connectivity index (χ3v) is 6.34. The quantitative estimate of drug-likeness (QED) is 0.715. The number of benzene rings is 1. The summed E-state index contributed by atoms with van der Waals surface area (Å²) < 4.78 is 12.6. The normalized spacial score (nSPS) is 29.8. The lowest BCUT2D eigenvalue weighted by molar-refractivity contribution is -0.249. The summed E-state index contributed by atoms with van der Waals surface area (Å²) in [5, 5.41) is 3.91. The highest BCUT2D eigenvalue weighted by atomic mass is 32.1. The Morgan fingerprint density at radius 3 is 2.64 bits per heavy atom. The molecule has 132 valence electrons. The summed E-state index contributed by atoms with van der Waals surface area (Å²) in [7, 11) is 0. The van der Waals surface area contributed by atoms with Crippen molar-refractivity contribution in [2.75, 3.05) is 0 Å². The first kappa shape index (κ1) is 16.8. The van der Waals surface area contributed by atoms with Crippen LogP contribution in [0.25, 0.3) is 0 Å². The van der Waals surface area contributed by atoms with E-state index in [1.807, 2.05) is 35.0 Å². The van der Waals surface area contributed by atoms with Crippen LogP contribution in [0.3, 0.4) is 0 Å². The highest BCUT2D eigenvalue weighted by Gasteiger charge is 2.58. The molecule has 4 heteroatoms. The second-order valence-corrected chi connectivity index (χ2v) is 8.81. The van der Waals surface area contributed by atoms with Gasteiger partial charge in [-0.15, -0.1) is 0 Å². The van der Waals surface area contributed by atoms with Crippen molar-refractivity contribution in [1.82, 2.24) is 0 Å². The van der Waals surface area contributed by atoms with Gasteiger partial charge in [0, 0.05) is 22.3 Å². The molecule has 1 aromatic carbocycles. The number of carbonyl (C=O) groups excluding carboxylic acids is 1. The Morgan fingerprint density at radius 2 is 1.96 bits per heavy atom. The fraction of sp³-hybridized carbons (Fsp3) is 0.476. The fourth-order valence-electron chi connectivity index (χ4n) is 4.41. The SMILES string of the molecule is CC(C)[C@@H]1O[C@H]2Oc3ccccc3[C@@H]([C@H]1C(=O)c1ccsc1)C2(C)C. The molecule has 3 nitrogen and oxygen atoms in total. The average Bonchev–Trinajstić information content (AvgIpc) is 3.08. The molecular formula is C21H24O3S. The predicted octanol–water partition coefficient (Wildman–Crippen LogP) is 5.13. The summed E-state index contributed by atoms with van der Waals surface area (Å²) in [6.07, 6.45) is -0.477. The van der Waals surface area contributed by atoms with Gasteiger partial charge < -0.3 is 9.47 Å². The van der Waals surface area contributed by atoms with E-state index in [0.29, 0.717) is 0 Å². The number of ether oxygens (including phenoxy) is 2. The lowest BCUT2D eigenvalue weighted by Gasteiger charge is -2.55. The van der Waals surface area contributed by atoms with E-state index >= 15 is 0 Å². The van der Waals surface area contributed by atoms with Crippen molar-refractivity contribution in [3.05, 3.63) is 52.2 Å².